The minimum absolute atomic E-state index is 0.347. The lowest BCUT2D eigenvalue weighted by Gasteiger charge is -2.36. The van der Waals surface area contributed by atoms with Gasteiger partial charge >= 0.3 is 0 Å². The van der Waals surface area contributed by atoms with E-state index in [2.05, 4.69) is 14.9 Å². The second kappa shape index (κ2) is 6.41. The Bertz CT molecular complexity index is 658. The summed E-state index contributed by atoms with van der Waals surface area (Å²) in [7, 11) is 1.55. The smallest absolute Gasteiger partial charge is 0.213 e. The largest absolute Gasteiger partial charge is 0.481 e. The lowest BCUT2D eigenvalue weighted by Crippen LogP contribution is -2.48. The minimum atomic E-state index is -0.347. The van der Waals surface area contributed by atoms with Crippen molar-refractivity contribution in [3.05, 3.63) is 24.1 Å². The molecule has 1 saturated heterocycles. The molecule has 0 radical (unpaired) electrons. The molecule has 7 heteroatoms. The molecule has 0 unspecified atom stereocenters. The third-order valence-electron chi connectivity index (χ3n) is 3.96. The highest BCUT2D eigenvalue weighted by Crippen LogP contribution is 2.29. The van der Waals surface area contributed by atoms with Gasteiger partial charge in [-0.25, -0.2) is 9.37 Å². The fraction of sp³-hybridized carbons (Fsp3) is 0.467. The van der Waals surface area contributed by atoms with E-state index >= 15 is 0 Å². The number of nitrogens with zero attached hydrogens (tertiary/aromatic N) is 4. The summed E-state index contributed by atoms with van der Waals surface area (Å²) in [5.74, 6) is 0.114. The molecule has 0 amide bonds. The first-order valence-corrected chi connectivity index (χ1v) is 7.39. The molecule has 22 heavy (non-hydrogen) atoms. The Hall–Kier alpha value is -1.99. The van der Waals surface area contributed by atoms with Crippen molar-refractivity contribution in [1.29, 1.82) is 0 Å². The van der Waals surface area contributed by atoms with Crippen molar-refractivity contribution < 1.29 is 9.13 Å². The monoisotopic (exact) mass is 305 g/mol. The van der Waals surface area contributed by atoms with E-state index in [9.17, 15) is 4.39 Å². The van der Waals surface area contributed by atoms with Crippen molar-refractivity contribution in [3.63, 3.8) is 0 Å². The van der Waals surface area contributed by atoms with Crippen molar-refractivity contribution >= 4 is 16.7 Å². The van der Waals surface area contributed by atoms with Gasteiger partial charge in [0, 0.05) is 45.3 Å². The quantitative estimate of drug-likeness (QED) is 0.903. The fourth-order valence-electron chi connectivity index (χ4n) is 2.80. The molecule has 0 bridgehead atoms. The normalized spacial score (nSPS) is 16.2. The molecule has 3 rings (SSSR count). The number of fused-ring (bicyclic) bond motifs is 1. The number of ether oxygens (including phenoxy) is 1. The van der Waals surface area contributed by atoms with Gasteiger partial charge in [0.15, 0.2) is 5.82 Å². The summed E-state index contributed by atoms with van der Waals surface area (Å²) in [5.41, 5.74) is 7.31. The Morgan fingerprint density at radius 3 is 2.73 bits per heavy atom. The van der Waals surface area contributed by atoms with Crippen molar-refractivity contribution in [2.75, 3.05) is 51.3 Å². The van der Waals surface area contributed by atoms with Gasteiger partial charge in [-0.3, -0.25) is 9.88 Å². The van der Waals surface area contributed by atoms with Crippen LogP contribution in [0.15, 0.2) is 18.3 Å². The summed E-state index contributed by atoms with van der Waals surface area (Å²) in [5, 5.41) is 0. The number of pyridine rings is 2. The van der Waals surface area contributed by atoms with Gasteiger partial charge in [0.2, 0.25) is 5.88 Å². The number of piperazine rings is 1. The van der Waals surface area contributed by atoms with E-state index in [4.69, 9.17) is 10.5 Å². The Morgan fingerprint density at radius 1 is 1.27 bits per heavy atom. The maximum absolute atomic E-state index is 14.4. The van der Waals surface area contributed by atoms with Crippen molar-refractivity contribution in [1.82, 2.24) is 14.9 Å². The van der Waals surface area contributed by atoms with E-state index < -0.39 is 0 Å². The highest BCUT2D eigenvalue weighted by molar-refractivity contribution is 5.88. The van der Waals surface area contributed by atoms with Crippen LogP contribution >= 0.6 is 0 Å². The summed E-state index contributed by atoms with van der Waals surface area (Å²) in [4.78, 5) is 12.8. The van der Waals surface area contributed by atoms with Crippen LogP contribution in [0.2, 0.25) is 0 Å². The number of hydrogen-bond acceptors (Lipinski definition) is 6. The van der Waals surface area contributed by atoms with E-state index in [1.807, 2.05) is 4.90 Å². The predicted molar refractivity (Wildman–Crippen MR) is 83.8 cm³/mol. The number of rotatable bonds is 4. The first-order valence-electron chi connectivity index (χ1n) is 7.39. The van der Waals surface area contributed by atoms with Gasteiger partial charge in [-0.2, -0.15) is 0 Å². The summed E-state index contributed by atoms with van der Waals surface area (Å²) in [6.45, 7) is 4.74. The van der Waals surface area contributed by atoms with Crippen LogP contribution < -0.4 is 15.4 Å². The van der Waals surface area contributed by atoms with Crippen LogP contribution in [0.4, 0.5) is 10.1 Å². The van der Waals surface area contributed by atoms with E-state index in [0.717, 1.165) is 32.7 Å². The van der Waals surface area contributed by atoms with Crippen LogP contribution in [0.1, 0.15) is 0 Å². The molecule has 2 N–H and O–H groups in total. The Labute approximate surface area is 128 Å². The third kappa shape index (κ3) is 2.82. The summed E-state index contributed by atoms with van der Waals surface area (Å²) >= 11 is 0. The second-order valence-electron chi connectivity index (χ2n) is 5.29. The second-order valence-corrected chi connectivity index (χ2v) is 5.29. The van der Waals surface area contributed by atoms with Crippen molar-refractivity contribution in [2.45, 2.75) is 0 Å². The van der Waals surface area contributed by atoms with Crippen LogP contribution in [-0.4, -0.2) is 61.2 Å². The molecule has 118 valence electrons. The van der Waals surface area contributed by atoms with E-state index in [1.54, 1.807) is 19.2 Å². The maximum atomic E-state index is 14.4. The Morgan fingerprint density at radius 2 is 2.05 bits per heavy atom. The van der Waals surface area contributed by atoms with Gasteiger partial charge in [0.25, 0.3) is 0 Å². The molecule has 1 aliphatic rings. The molecule has 0 atom stereocenters. The number of nitrogens with two attached hydrogens (primary N) is 1. The van der Waals surface area contributed by atoms with Gasteiger partial charge in [-0.1, -0.05) is 0 Å². The first-order chi connectivity index (χ1) is 10.7. The summed E-state index contributed by atoms with van der Waals surface area (Å²) < 4.78 is 19.5. The third-order valence-corrected chi connectivity index (χ3v) is 3.96. The lowest BCUT2D eigenvalue weighted by molar-refractivity contribution is 0.264. The number of anilines is 1. The molecule has 2 aromatic heterocycles. The highest BCUT2D eigenvalue weighted by atomic mass is 19.1. The molecule has 0 aromatic carbocycles. The highest BCUT2D eigenvalue weighted by Gasteiger charge is 2.22. The predicted octanol–water partition coefficient (Wildman–Crippen LogP) is 0.858. The maximum Gasteiger partial charge on any atom is 0.213 e. The summed E-state index contributed by atoms with van der Waals surface area (Å²) in [6.07, 6.45) is 1.26. The number of hydrogen-bond donors (Lipinski definition) is 1. The molecule has 3 heterocycles. The number of aromatic nitrogens is 2. The molecule has 1 aliphatic heterocycles. The lowest BCUT2D eigenvalue weighted by atomic mass is 10.2. The minimum Gasteiger partial charge on any atom is -0.481 e. The van der Waals surface area contributed by atoms with Gasteiger partial charge < -0.3 is 15.4 Å². The first kappa shape index (κ1) is 14.9. The Balaban J connectivity index is 1.94. The average Bonchev–Trinajstić information content (AvgIpc) is 2.55. The standard InChI is InChI=1S/C15H20FN5O/c1-22-13-3-2-12-14(19-13)15(11(16)10-18-12)21-8-6-20(5-4-17)7-9-21/h2-3,10H,4-9,17H2,1H3. The molecule has 0 saturated carbocycles. The van der Waals surface area contributed by atoms with Crippen LogP contribution in [0.5, 0.6) is 5.88 Å². The molecular weight excluding hydrogens is 285 g/mol. The molecule has 2 aromatic rings. The topological polar surface area (TPSA) is 67.5 Å². The molecule has 0 aliphatic carbocycles. The van der Waals surface area contributed by atoms with Gasteiger partial charge in [-0.15, -0.1) is 0 Å². The fourth-order valence-corrected chi connectivity index (χ4v) is 2.80. The van der Waals surface area contributed by atoms with Crippen molar-refractivity contribution in [3.8, 4) is 5.88 Å². The van der Waals surface area contributed by atoms with Gasteiger partial charge in [0.1, 0.15) is 11.2 Å². The van der Waals surface area contributed by atoms with E-state index in [1.165, 1.54) is 6.20 Å². The molecule has 1 fully saturated rings. The van der Waals surface area contributed by atoms with Crippen LogP contribution in [0, 0.1) is 5.82 Å². The number of methoxy groups -OCH3 is 1. The molecule has 0 spiro atoms. The van der Waals surface area contributed by atoms with Crippen molar-refractivity contribution in [2.24, 2.45) is 5.73 Å². The van der Waals surface area contributed by atoms with E-state index in [0.29, 0.717) is 29.1 Å². The van der Waals surface area contributed by atoms with Crippen LogP contribution in [0.3, 0.4) is 0 Å². The Kier molecular flexibility index (Phi) is 4.35. The zero-order chi connectivity index (χ0) is 15.5. The van der Waals surface area contributed by atoms with Crippen LogP contribution in [-0.2, 0) is 0 Å². The van der Waals surface area contributed by atoms with E-state index in [-0.39, 0.29) is 5.82 Å². The zero-order valence-electron chi connectivity index (χ0n) is 12.6. The molecule has 6 nitrogen and oxygen atoms in total. The van der Waals surface area contributed by atoms with Gasteiger partial charge in [0.05, 0.1) is 18.8 Å². The average molecular weight is 305 g/mol. The summed E-state index contributed by atoms with van der Waals surface area (Å²) in [6, 6.07) is 3.53. The zero-order valence-corrected chi connectivity index (χ0v) is 12.6. The number of halogens is 1. The van der Waals surface area contributed by atoms with Crippen LogP contribution in [0.25, 0.3) is 11.0 Å². The SMILES string of the molecule is COc1ccc2ncc(F)c(N3CCN(CCN)CC3)c2n1. The van der Waals surface area contributed by atoms with Gasteiger partial charge in [-0.05, 0) is 6.07 Å². The molecular formula is C15H20FN5O.